The van der Waals surface area contributed by atoms with Gasteiger partial charge in [0.2, 0.25) is 0 Å². The fraction of sp³-hybridized carbons (Fsp3) is 0.545. The third-order valence-corrected chi connectivity index (χ3v) is 6.99. The van der Waals surface area contributed by atoms with Crippen molar-refractivity contribution in [1.29, 1.82) is 0 Å². The van der Waals surface area contributed by atoms with Crippen molar-refractivity contribution in [2.24, 2.45) is 17.8 Å². The Morgan fingerprint density at radius 2 is 1.74 bits per heavy atom. The molecule has 1 aromatic carbocycles. The van der Waals surface area contributed by atoms with Gasteiger partial charge in [0.05, 0.1) is 0 Å². The molecule has 0 atom stereocenters. The molecule has 4 aliphatic carbocycles. The van der Waals surface area contributed by atoms with Crippen LogP contribution < -0.4 is 4.74 Å². The fourth-order valence-electron chi connectivity index (χ4n) is 6.07. The summed E-state index contributed by atoms with van der Waals surface area (Å²) in [7, 11) is 2.00. The molecule has 27 heavy (non-hydrogen) atoms. The second kappa shape index (κ2) is 6.39. The first kappa shape index (κ1) is 16.8. The van der Waals surface area contributed by atoms with Crippen LogP contribution in [0.15, 0.2) is 42.6 Å². The molecule has 2 aromatic rings. The second-order valence-electron chi connectivity index (χ2n) is 8.83. The number of para-hydroxylation sites is 1. The van der Waals surface area contributed by atoms with Gasteiger partial charge in [-0.15, -0.1) is 0 Å². The van der Waals surface area contributed by atoms with E-state index in [1.807, 2.05) is 54.5 Å². The summed E-state index contributed by atoms with van der Waals surface area (Å²) in [4.78, 5) is 15.2. The van der Waals surface area contributed by atoms with Crippen molar-refractivity contribution in [2.45, 2.75) is 50.8 Å². The van der Waals surface area contributed by atoms with E-state index < -0.39 is 0 Å². The minimum Gasteiger partial charge on any atom is -0.471 e. The molecule has 0 radical (unpaired) electrons. The summed E-state index contributed by atoms with van der Waals surface area (Å²) in [5.41, 5.74) is 0.584. The Kier molecular flexibility index (Phi) is 3.99. The van der Waals surface area contributed by atoms with E-state index in [0.717, 1.165) is 23.5 Å². The maximum absolute atomic E-state index is 13.2. The molecule has 4 fully saturated rings. The smallest absolute Gasteiger partial charge is 0.274 e. The van der Waals surface area contributed by atoms with Gasteiger partial charge in [-0.05, 0) is 74.5 Å². The predicted molar refractivity (Wildman–Crippen MR) is 102 cm³/mol. The summed E-state index contributed by atoms with van der Waals surface area (Å²) in [6, 6.07) is 11.5. The van der Waals surface area contributed by atoms with E-state index >= 15 is 0 Å². The molecule has 0 spiro atoms. The number of benzene rings is 1. The molecule has 142 valence electrons. The van der Waals surface area contributed by atoms with Crippen LogP contribution in [0.5, 0.6) is 5.75 Å². The Hall–Kier alpha value is -2.30. The molecular formula is C22H27N3O2. The SMILES string of the molecule is CN(C(=O)c1ccn(COc2ccccc2)n1)C12CC3CC(CC(C3)C1)C2. The third kappa shape index (κ3) is 3.03. The molecule has 0 aliphatic heterocycles. The highest BCUT2D eigenvalue weighted by Crippen LogP contribution is 2.57. The first-order valence-corrected chi connectivity index (χ1v) is 10.1. The molecule has 1 aromatic heterocycles. The maximum Gasteiger partial charge on any atom is 0.274 e. The number of aromatic nitrogens is 2. The molecule has 5 heteroatoms. The molecule has 6 rings (SSSR count). The highest BCUT2D eigenvalue weighted by Gasteiger charge is 2.53. The lowest BCUT2D eigenvalue weighted by molar-refractivity contribution is -0.0667. The summed E-state index contributed by atoms with van der Waals surface area (Å²) in [6.45, 7) is 0.304. The van der Waals surface area contributed by atoms with Crippen LogP contribution in [-0.2, 0) is 6.73 Å². The lowest BCUT2D eigenvalue weighted by Gasteiger charge is -2.59. The lowest BCUT2D eigenvalue weighted by atomic mass is 9.52. The Morgan fingerprint density at radius 1 is 1.11 bits per heavy atom. The van der Waals surface area contributed by atoms with E-state index in [4.69, 9.17) is 4.74 Å². The first-order chi connectivity index (χ1) is 13.1. The zero-order valence-corrected chi connectivity index (χ0v) is 15.9. The zero-order valence-electron chi connectivity index (χ0n) is 15.9. The normalized spacial score (nSPS) is 31.1. The van der Waals surface area contributed by atoms with Gasteiger partial charge in [0.15, 0.2) is 12.4 Å². The highest BCUT2D eigenvalue weighted by atomic mass is 16.5. The molecule has 5 nitrogen and oxygen atoms in total. The third-order valence-electron chi connectivity index (χ3n) is 6.99. The number of rotatable bonds is 5. The Bertz CT molecular complexity index is 794. The van der Waals surface area contributed by atoms with Crippen molar-refractivity contribution in [1.82, 2.24) is 14.7 Å². The number of hydrogen-bond donors (Lipinski definition) is 0. The van der Waals surface area contributed by atoms with Crippen molar-refractivity contribution >= 4 is 5.91 Å². The monoisotopic (exact) mass is 365 g/mol. The van der Waals surface area contributed by atoms with E-state index in [1.165, 1.54) is 38.5 Å². The van der Waals surface area contributed by atoms with Gasteiger partial charge in [-0.3, -0.25) is 4.79 Å². The van der Waals surface area contributed by atoms with Crippen molar-refractivity contribution in [2.75, 3.05) is 7.05 Å². The van der Waals surface area contributed by atoms with E-state index in [9.17, 15) is 4.79 Å². The molecule has 4 saturated carbocycles. The van der Waals surface area contributed by atoms with Crippen LogP contribution in [0.4, 0.5) is 0 Å². The molecule has 0 unspecified atom stereocenters. The second-order valence-corrected chi connectivity index (χ2v) is 8.83. The maximum atomic E-state index is 13.2. The molecule has 1 amide bonds. The van der Waals surface area contributed by atoms with Crippen molar-refractivity contribution in [3.05, 3.63) is 48.3 Å². The number of nitrogens with zero attached hydrogens (tertiary/aromatic N) is 3. The number of carbonyl (C=O) groups is 1. The van der Waals surface area contributed by atoms with Gasteiger partial charge in [-0.1, -0.05) is 18.2 Å². The van der Waals surface area contributed by atoms with Crippen LogP contribution in [0.2, 0.25) is 0 Å². The number of amides is 1. The van der Waals surface area contributed by atoms with E-state index in [2.05, 4.69) is 5.10 Å². The fourth-order valence-corrected chi connectivity index (χ4v) is 6.07. The average molecular weight is 365 g/mol. The number of hydrogen-bond acceptors (Lipinski definition) is 3. The summed E-state index contributed by atoms with van der Waals surface area (Å²) in [5.74, 6) is 3.32. The number of carbonyl (C=O) groups excluding carboxylic acids is 1. The van der Waals surface area contributed by atoms with Gasteiger partial charge >= 0.3 is 0 Å². The van der Waals surface area contributed by atoms with Crippen molar-refractivity contribution in [3.63, 3.8) is 0 Å². The average Bonchev–Trinajstić information content (AvgIpc) is 3.14. The number of ether oxygens (including phenoxy) is 1. The Morgan fingerprint density at radius 3 is 2.37 bits per heavy atom. The largest absolute Gasteiger partial charge is 0.471 e. The summed E-state index contributed by atoms with van der Waals surface area (Å²) < 4.78 is 7.41. The van der Waals surface area contributed by atoms with Gasteiger partial charge in [-0.2, -0.15) is 5.10 Å². The van der Waals surface area contributed by atoms with Crippen LogP contribution in [0.1, 0.15) is 49.0 Å². The van der Waals surface area contributed by atoms with Gasteiger partial charge in [0, 0.05) is 18.8 Å². The molecule has 1 heterocycles. The van der Waals surface area contributed by atoms with Crippen molar-refractivity contribution in [3.8, 4) is 5.75 Å². The van der Waals surface area contributed by atoms with E-state index in [-0.39, 0.29) is 11.4 Å². The van der Waals surface area contributed by atoms with Crippen LogP contribution in [-0.4, -0.2) is 33.2 Å². The Balaban J connectivity index is 1.28. The van der Waals surface area contributed by atoms with Crippen LogP contribution >= 0.6 is 0 Å². The quantitative estimate of drug-likeness (QED) is 0.806. The van der Waals surface area contributed by atoms with Gasteiger partial charge in [0.1, 0.15) is 5.75 Å². The highest BCUT2D eigenvalue weighted by molar-refractivity contribution is 5.92. The minimum atomic E-state index is 0.0513. The molecular weight excluding hydrogens is 338 g/mol. The van der Waals surface area contributed by atoms with Crippen LogP contribution in [0.25, 0.3) is 0 Å². The van der Waals surface area contributed by atoms with Crippen LogP contribution in [0.3, 0.4) is 0 Å². The summed E-state index contributed by atoms with van der Waals surface area (Å²) in [6.07, 6.45) is 9.51. The molecule has 4 bridgehead atoms. The first-order valence-electron chi connectivity index (χ1n) is 10.1. The van der Waals surface area contributed by atoms with Gasteiger partial charge < -0.3 is 9.64 Å². The summed E-state index contributed by atoms with van der Waals surface area (Å²) in [5, 5.41) is 4.47. The molecule has 0 N–H and O–H groups in total. The molecule has 0 saturated heterocycles. The summed E-state index contributed by atoms with van der Waals surface area (Å²) >= 11 is 0. The van der Waals surface area contributed by atoms with Gasteiger partial charge in [0.25, 0.3) is 5.91 Å². The lowest BCUT2D eigenvalue weighted by Crippen LogP contribution is -2.60. The van der Waals surface area contributed by atoms with E-state index in [0.29, 0.717) is 12.4 Å². The van der Waals surface area contributed by atoms with Crippen LogP contribution in [0, 0.1) is 17.8 Å². The van der Waals surface area contributed by atoms with Gasteiger partial charge in [-0.25, -0.2) is 4.68 Å². The zero-order chi connectivity index (χ0) is 18.4. The Labute approximate surface area is 160 Å². The standard InChI is InChI=1S/C22H27N3O2/c1-24(22-12-16-9-17(13-22)11-18(10-16)14-22)21(26)20-7-8-25(23-20)15-27-19-5-3-2-4-6-19/h2-8,16-18H,9-15H2,1H3. The van der Waals surface area contributed by atoms with E-state index in [1.54, 1.807) is 4.68 Å². The van der Waals surface area contributed by atoms with Crippen molar-refractivity contribution < 1.29 is 9.53 Å². The minimum absolute atomic E-state index is 0.0513. The predicted octanol–water partition coefficient (Wildman–Crippen LogP) is 3.96. The topological polar surface area (TPSA) is 47.4 Å². The molecule has 4 aliphatic rings.